The van der Waals surface area contributed by atoms with Gasteiger partial charge in [0.05, 0.1) is 17.4 Å². The Morgan fingerprint density at radius 1 is 0.872 bits per heavy atom. The number of amides is 1. The topological polar surface area (TPSA) is 126 Å². The van der Waals surface area contributed by atoms with Crippen molar-refractivity contribution in [3.05, 3.63) is 112 Å². The second-order valence-electron chi connectivity index (χ2n) is 8.71. The van der Waals surface area contributed by atoms with Gasteiger partial charge in [-0.15, -0.1) is 0 Å². The van der Waals surface area contributed by atoms with Gasteiger partial charge in [0.25, 0.3) is 5.91 Å². The smallest absolute Gasteiger partial charge is 0.308 e. The van der Waals surface area contributed by atoms with E-state index in [2.05, 4.69) is 10.0 Å². The molecule has 0 radical (unpaired) electrons. The summed E-state index contributed by atoms with van der Waals surface area (Å²) in [6.07, 6.45) is 0.226. The Labute approximate surface area is 235 Å². The Morgan fingerprint density at radius 3 is 2.15 bits per heavy atom. The minimum atomic E-state index is -3.94. The summed E-state index contributed by atoms with van der Waals surface area (Å²) in [5.74, 6) is -2.41. The molecular formula is C28H24Cl2N2O6S. The van der Waals surface area contributed by atoms with Crippen molar-refractivity contribution in [1.82, 2.24) is 10.0 Å². The van der Waals surface area contributed by atoms with E-state index in [9.17, 15) is 23.1 Å². The predicted molar refractivity (Wildman–Crippen MR) is 148 cm³/mol. The van der Waals surface area contributed by atoms with Crippen molar-refractivity contribution in [3.8, 4) is 11.1 Å². The summed E-state index contributed by atoms with van der Waals surface area (Å²) in [6.45, 7) is -0.344. The van der Waals surface area contributed by atoms with Gasteiger partial charge < -0.3 is 14.8 Å². The van der Waals surface area contributed by atoms with Gasteiger partial charge in [0.2, 0.25) is 10.0 Å². The largest absolute Gasteiger partial charge is 0.481 e. The molecule has 39 heavy (non-hydrogen) atoms. The lowest BCUT2D eigenvalue weighted by atomic mass is 9.97. The van der Waals surface area contributed by atoms with Gasteiger partial charge in [0, 0.05) is 16.6 Å². The first-order chi connectivity index (χ1) is 18.6. The van der Waals surface area contributed by atoms with E-state index in [-0.39, 0.29) is 46.0 Å². The Bertz CT molecular complexity index is 1550. The van der Waals surface area contributed by atoms with E-state index in [0.717, 1.165) is 16.7 Å². The fourth-order valence-electron chi connectivity index (χ4n) is 3.83. The van der Waals surface area contributed by atoms with Crippen LogP contribution < -0.4 is 10.0 Å². The molecule has 4 rings (SSSR count). The van der Waals surface area contributed by atoms with Crippen LogP contribution >= 0.6 is 23.2 Å². The lowest BCUT2D eigenvalue weighted by Crippen LogP contribution is -2.34. The molecule has 0 saturated heterocycles. The number of halogens is 2. The van der Waals surface area contributed by atoms with Gasteiger partial charge >= 0.3 is 5.97 Å². The van der Waals surface area contributed by atoms with Crippen molar-refractivity contribution in [2.45, 2.75) is 17.9 Å². The van der Waals surface area contributed by atoms with Gasteiger partial charge in [0.15, 0.2) is 5.76 Å². The van der Waals surface area contributed by atoms with Crippen LogP contribution in [0.4, 0.5) is 0 Å². The zero-order chi connectivity index (χ0) is 28.0. The number of rotatable bonds is 11. The van der Waals surface area contributed by atoms with Gasteiger partial charge in [-0.1, -0.05) is 77.8 Å². The van der Waals surface area contributed by atoms with E-state index in [1.807, 2.05) is 54.6 Å². The molecule has 1 amide bonds. The molecule has 1 aromatic heterocycles. The maximum absolute atomic E-state index is 12.6. The summed E-state index contributed by atoms with van der Waals surface area (Å²) >= 11 is 11.8. The highest BCUT2D eigenvalue weighted by Gasteiger charge is 2.21. The Balaban J connectivity index is 1.32. The minimum Gasteiger partial charge on any atom is -0.481 e. The van der Waals surface area contributed by atoms with Crippen molar-refractivity contribution in [3.63, 3.8) is 0 Å². The number of hydrogen-bond donors (Lipinski definition) is 3. The second kappa shape index (κ2) is 12.5. The molecule has 0 bridgehead atoms. The summed E-state index contributed by atoms with van der Waals surface area (Å²) in [6, 6.07) is 24.2. The van der Waals surface area contributed by atoms with Crippen LogP contribution in [0.1, 0.15) is 21.9 Å². The number of aliphatic carboxylic acids is 1. The first kappa shape index (κ1) is 28.4. The maximum Gasteiger partial charge on any atom is 0.308 e. The van der Waals surface area contributed by atoms with Crippen molar-refractivity contribution in [2.24, 2.45) is 5.92 Å². The number of carboxylic acids is 1. The molecule has 0 aliphatic carbocycles. The summed E-state index contributed by atoms with van der Waals surface area (Å²) in [5.41, 5.74) is 2.90. The third-order valence-corrected chi connectivity index (χ3v) is 7.69. The highest BCUT2D eigenvalue weighted by molar-refractivity contribution is 7.89. The fourth-order valence-corrected chi connectivity index (χ4v) is 5.54. The van der Waals surface area contributed by atoms with Gasteiger partial charge in [-0.3, -0.25) is 9.59 Å². The Kier molecular flexibility index (Phi) is 9.08. The van der Waals surface area contributed by atoms with Gasteiger partial charge in [0.1, 0.15) is 5.76 Å². The Hall–Kier alpha value is -3.63. The number of carboxylic acid groups (broad SMARTS) is 1. The van der Waals surface area contributed by atoms with Crippen molar-refractivity contribution in [2.75, 3.05) is 6.54 Å². The molecular weight excluding hydrogens is 563 g/mol. The molecule has 4 aromatic rings. The molecule has 0 fully saturated rings. The molecule has 202 valence electrons. The predicted octanol–water partition coefficient (Wildman–Crippen LogP) is 5.41. The van der Waals surface area contributed by atoms with Crippen LogP contribution in [0.2, 0.25) is 10.0 Å². The zero-order valence-corrected chi connectivity index (χ0v) is 22.8. The third kappa shape index (κ3) is 7.70. The first-order valence-corrected chi connectivity index (χ1v) is 14.0. The number of hydrogen-bond acceptors (Lipinski definition) is 5. The quantitative estimate of drug-likeness (QED) is 0.216. The standard InChI is InChI=1S/C28H24Cl2N2O6S/c29-22-13-23(30)15-25(14-22)39(36,37)32-17-24-10-11-26(38-24)27(33)31-16-21(28(34)35)12-18-6-8-20(9-7-18)19-4-2-1-3-5-19/h1-11,13-15,21,32H,12,16-17H2,(H,31,33)(H,34,35)/t21-/m1/s1. The van der Waals surface area contributed by atoms with Crippen LogP contribution in [0.25, 0.3) is 11.1 Å². The second-order valence-corrected chi connectivity index (χ2v) is 11.3. The van der Waals surface area contributed by atoms with Crippen molar-refractivity contribution < 1.29 is 27.5 Å². The minimum absolute atomic E-state index is 0.0775. The molecule has 1 atom stereocenters. The number of nitrogens with one attached hydrogen (secondary N) is 2. The molecule has 3 aromatic carbocycles. The Morgan fingerprint density at radius 2 is 1.51 bits per heavy atom. The maximum atomic E-state index is 12.6. The van der Waals surface area contributed by atoms with Crippen LogP contribution in [0, 0.1) is 5.92 Å². The number of furan rings is 1. The van der Waals surface area contributed by atoms with E-state index in [4.69, 9.17) is 27.6 Å². The summed E-state index contributed by atoms with van der Waals surface area (Å²) < 4.78 is 32.9. The lowest BCUT2D eigenvalue weighted by molar-refractivity contribution is -0.141. The van der Waals surface area contributed by atoms with Crippen LogP contribution in [-0.2, 0) is 27.8 Å². The van der Waals surface area contributed by atoms with Crippen molar-refractivity contribution in [1.29, 1.82) is 0 Å². The van der Waals surface area contributed by atoms with E-state index in [1.165, 1.54) is 30.3 Å². The van der Waals surface area contributed by atoms with Gasteiger partial charge in [-0.05, 0) is 53.4 Å². The van der Waals surface area contributed by atoms with Crippen LogP contribution in [0.3, 0.4) is 0 Å². The molecule has 0 aliphatic heterocycles. The summed E-state index contributed by atoms with van der Waals surface area (Å²) in [4.78, 5) is 24.3. The van der Waals surface area contributed by atoms with Crippen LogP contribution in [-0.4, -0.2) is 31.9 Å². The van der Waals surface area contributed by atoms with Gasteiger partial charge in [-0.25, -0.2) is 13.1 Å². The average molecular weight is 587 g/mol. The molecule has 0 spiro atoms. The summed E-state index contributed by atoms with van der Waals surface area (Å²) in [5, 5.41) is 12.6. The van der Waals surface area contributed by atoms with Gasteiger partial charge in [-0.2, -0.15) is 0 Å². The van der Waals surface area contributed by atoms with E-state index in [1.54, 1.807) is 0 Å². The first-order valence-electron chi connectivity index (χ1n) is 11.8. The molecule has 1 heterocycles. The molecule has 0 saturated carbocycles. The zero-order valence-electron chi connectivity index (χ0n) is 20.4. The van der Waals surface area contributed by atoms with Crippen LogP contribution in [0.5, 0.6) is 0 Å². The monoisotopic (exact) mass is 586 g/mol. The number of carbonyl (C=O) groups excluding carboxylic acids is 1. The SMILES string of the molecule is O=C(NC[C@@H](Cc1ccc(-c2ccccc2)cc1)C(=O)O)c1ccc(CNS(=O)(=O)c2cc(Cl)cc(Cl)c2)o1. The molecule has 0 aliphatic rings. The highest BCUT2D eigenvalue weighted by Crippen LogP contribution is 2.23. The van der Waals surface area contributed by atoms with Crippen LogP contribution in [0.15, 0.2) is 94.2 Å². The summed E-state index contributed by atoms with van der Waals surface area (Å²) in [7, 11) is -3.94. The van der Waals surface area contributed by atoms with E-state index < -0.39 is 27.8 Å². The number of sulfonamides is 1. The molecule has 11 heteroatoms. The third-order valence-electron chi connectivity index (χ3n) is 5.87. The number of benzene rings is 3. The van der Waals surface area contributed by atoms with Crippen molar-refractivity contribution >= 4 is 45.1 Å². The number of carbonyl (C=O) groups is 2. The average Bonchev–Trinajstić information content (AvgIpc) is 3.39. The highest BCUT2D eigenvalue weighted by atomic mass is 35.5. The normalized spacial score (nSPS) is 12.2. The lowest BCUT2D eigenvalue weighted by Gasteiger charge is -2.13. The molecule has 0 unspecified atom stereocenters. The molecule has 3 N–H and O–H groups in total. The molecule has 8 nitrogen and oxygen atoms in total. The van der Waals surface area contributed by atoms with E-state index in [0.29, 0.717) is 0 Å². The van der Waals surface area contributed by atoms with E-state index >= 15 is 0 Å². The fraction of sp³-hybridized carbons (Fsp3) is 0.143.